The zero-order valence-corrected chi connectivity index (χ0v) is 15.0. The van der Waals surface area contributed by atoms with Crippen molar-refractivity contribution in [2.75, 3.05) is 13.1 Å². The van der Waals surface area contributed by atoms with E-state index < -0.39 is 5.60 Å². The van der Waals surface area contributed by atoms with Gasteiger partial charge in [-0.25, -0.2) is 4.79 Å². The van der Waals surface area contributed by atoms with Crippen LogP contribution in [0.25, 0.3) is 0 Å². The highest BCUT2D eigenvalue weighted by atomic mass is 16.6. The Labute approximate surface area is 136 Å². The molecule has 128 valence electrons. The largest absolute Gasteiger partial charge is 0.444 e. The Hall–Kier alpha value is -0.770. The number of likely N-dealkylation sites (tertiary alicyclic amines) is 1. The Morgan fingerprint density at radius 2 is 1.91 bits per heavy atom. The number of carbonyl (C=O) groups is 1. The average molecular weight is 310 g/mol. The van der Waals surface area contributed by atoms with Gasteiger partial charge in [-0.1, -0.05) is 26.7 Å². The summed E-state index contributed by atoms with van der Waals surface area (Å²) >= 11 is 0. The molecule has 0 aromatic carbocycles. The molecule has 1 saturated heterocycles. The number of rotatable bonds is 3. The first-order valence-corrected chi connectivity index (χ1v) is 8.98. The van der Waals surface area contributed by atoms with Crippen molar-refractivity contribution in [2.24, 2.45) is 11.8 Å². The summed E-state index contributed by atoms with van der Waals surface area (Å²) < 4.78 is 5.47. The fourth-order valence-electron chi connectivity index (χ4n) is 3.71. The molecule has 22 heavy (non-hydrogen) atoms. The quantitative estimate of drug-likeness (QED) is 0.862. The van der Waals surface area contributed by atoms with Gasteiger partial charge in [-0.3, -0.25) is 0 Å². The van der Waals surface area contributed by atoms with Crippen molar-refractivity contribution in [1.29, 1.82) is 0 Å². The molecule has 3 atom stereocenters. The van der Waals surface area contributed by atoms with Crippen molar-refractivity contribution in [1.82, 2.24) is 10.2 Å². The van der Waals surface area contributed by atoms with Gasteiger partial charge in [0.1, 0.15) is 5.60 Å². The Bertz CT molecular complexity index is 376. The van der Waals surface area contributed by atoms with E-state index in [1.165, 1.54) is 25.7 Å². The summed E-state index contributed by atoms with van der Waals surface area (Å²) in [6.45, 7) is 12.0. The van der Waals surface area contributed by atoms with Crippen molar-refractivity contribution in [3.05, 3.63) is 0 Å². The van der Waals surface area contributed by atoms with Crippen LogP contribution < -0.4 is 5.32 Å². The Balaban J connectivity index is 1.77. The van der Waals surface area contributed by atoms with Gasteiger partial charge < -0.3 is 15.0 Å². The highest BCUT2D eigenvalue weighted by Crippen LogP contribution is 2.30. The molecule has 1 amide bonds. The first kappa shape index (κ1) is 17.6. The number of hydrogen-bond acceptors (Lipinski definition) is 3. The van der Waals surface area contributed by atoms with Crippen LogP contribution >= 0.6 is 0 Å². The molecule has 0 aromatic heterocycles. The Kier molecular flexibility index (Phi) is 5.76. The number of nitrogens with zero attached hydrogens (tertiary/aromatic N) is 1. The second-order valence-electron chi connectivity index (χ2n) is 8.45. The van der Waals surface area contributed by atoms with Gasteiger partial charge in [0.2, 0.25) is 0 Å². The molecule has 4 heteroatoms. The number of hydrogen-bond donors (Lipinski definition) is 1. The van der Waals surface area contributed by atoms with E-state index in [4.69, 9.17) is 4.74 Å². The summed E-state index contributed by atoms with van der Waals surface area (Å²) in [7, 11) is 0. The standard InChI is InChI=1S/C18H34N2O2/c1-13(2)14-7-6-8-15(11-14)19-16-9-10-20(12-16)17(21)22-18(3,4)5/h13-16,19H,6-12H2,1-5H3. The second kappa shape index (κ2) is 7.20. The molecule has 3 unspecified atom stereocenters. The monoisotopic (exact) mass is 310 g/mol. The highest BCUT2D eigenvalue weighted by Gasteiger charge is 2.32. The van der Waals surface area contributed by atoms with E-state index in [1.54, 1.807) is 0 Å². The van der Waals surface area contributed by atoms with Crippen LogP contribution in [0.3, 0.4) is 0 Å². The molecule has 2 fully saturated rings. The van der Waals surface area contributed by atoms with E-state index in [0.717, 1.165) is 31.3 Å². The number of nitrogens with one attached hydrogen (secondary N) is 1. The van der Waals surface area contributed by atoms with E-state index >= 15 is 0 Å². The zero-order valence-electron chi connectivity index (χ0n) is 15.0. The van der Waals surface area contributed by atoms with Crippen LogP contribution in [-0.2, 0) is 4.74 Å². The highest BCUT2D eigenvalue weighted by molar-refractivity contribution is 5.68. The van der Waals surface area contributed by atoms with Crippen LogP contribution in [-0.4, -0.2) is 41.8 Å². The summed E-state index contributed by atoms with van der Waals surface area (Å²) in [4.78, 5) is 14.0. The predicted octanol–water partition coefficient (Wildman–Crippen LogP) is 3.80. The van der Waals surface area contributed by atoms with Crippen LogP contribution in [0.4, 0.5) is 4.79 Å². The molecule has 1 N–H and O–H groups in total. The van der Waals surface area contributed by atoms with E-state index in [1.807, 2.05) is 25.7 Å². The fourth-order valence-corrected chi connectivity index (χ4v) is 3.71. The van der Waals surface area contributed by atoms with Crippen LogP contribution in [0.2, 0.25) is 0 Å². The van der Waals surface area contributed by atoms with Crippen molar-refractivity contribution in [3.8, 4) is 0 Å². The van der Waals surface area contributed by atoms with Gasteiger partial charge in [-0.05, 0) is 51.9 Å². The summed E-state index contributed by atoms with van der Waals surface area (Å²) in [5, 5.41) is 3.80. The fraction of sp³-hybridized carbons (Fsp3) is 0.944. The SMILES string of the molecule is CC(C)C1CCCC(NC2CCN(C(=O)OC(C)(C)C)C2)C1. The summed E-state index contributed by atoms with van der Waals surface area (Å²) in [5.74, 6) is 1.64. The first-order chi connectivity index (χ1) is 10.2. The molecular weight excluding hydrogens is 276 g/mol. The van der Waals surface area contributed by atoms with Gasteiger partial charge in [0.05, 0.1) is 0 Å². The minimum atomic E-state index is -0.406. The summed E-state index contributed by atoms with van der Waals surface area (Å²) in [5.41, 5.74) is -0.406. The third-order valence-electron chi connectivity index (χ3n) is 4.97. The minimum absolute atomic E-state index is 0.166. The molecule has 1 heterocycles. The van der Waals surface area contributed by atoms with Crippen LogP contribution in [0, 0.1) is 11.8 Å². The van der Waals surface area contributed by atoms with Crippen LogP contribution in [0.15, 0.2) is 0 Å². The molecule has 2 rings (SSSR count). The molecule has 0 spiro atoms. The van der Waals surface area contributed by atoms with E-state index in [-0.39, 0.29) is 6.09 Å². The molecule has 0 bridgehead atoms. The van der Waals surface area contributed by atoms with E-state index in [0.29, 0.717) is 12.1 Å². The lowest BCUT2D eigenvalue weighted by molar-refractivity contribution is 0.0289. The van der Waals surface area contributed by atoms with Gasteiger partial charge in [0.25, 0.3) is 0 Å². The van der Waals surface area contributed by atoms with Crippen molar-refractivity contribution < 1.29 is 9.53 Å². The van der Waals surface area contributed by atoms with Crippen molar-refractivity contribution in [2.45, 2.75) is 84.4 Å². The van der Waals surface area contributed by atoms with Crippen molar-refractivity contribution in [3.63, 3.8) is 0 Å². The normalized spacial score (nSPS) is 29.9. The van der Waals surface area contributed by atoms with Gasteiger partial charge in [-0.2, -0.15) is 0 Å². The average Bonchev–Trinajstić information content (AvgIpc) is 2.85. The zero-order chi connectivity index (χ0) is 16.3. The lowest BCUT2D eigenvalue weighted by atomic mass is 9.79. The molecular formula is C18H34N2O2. The maximum atomic E-state index is 12.1. The maximum absolute atomic E-state index is 12.1. The third-order valence-corrected chi connectivity index (χ3v) is 4.97. The molecule has 1 saturated carbocycles. The first-order valence-electron chi connectivity index (χ1n) is 8.98. The molecule has 0 aromatic rings. The Morgan fingerprint density at radius 3 is 2.55 bits per heavy atom. The lowest BCUT2D eigenvalue weighted by Gasteiger charge is -2.34. The van der Waals surface area contributed by atoms with Gasteiger partial charge >= 0.3 is 6.09 Å². The second-order valence-corrected chi connectivity index (χ2v) is 8.45. The predicted molar refractivity (Wildman–Crippen MR) is 89.9 cm³/mol. The van der Waals surface area contributed by atoms with Crippen LogP contribution in [0.5, 0.6) is 0 Å². The lowest BCUT2D eigenvalue weighted by Crippen LogP contribution is -2.44. The number of amides is 1. The van der Waals surface area contributed by atoms with Crippen LogP contribution in [0.1, 0.15) is 66.7 Å². The molecule has 4 nitrogen and oxygen atoms in total. The topological polar surface area (TPSA) is 41.6 Å². The summed E-state index contributed by atoms with van der Waals surface area (Å²) in [6.07, 6.45) is 6.17. The minimum Gasteiger partial charge on any atom is -0.444 e. The van der Waals surface area contributed by atoms with E-state index in [2.05, 4.69) is 19.2 Å². The Morgan fingerprint density at radius 1 is 1.18 bits per heavy atom. The van der Waals surface area contributed by atoms with E-state index in [9.17, 15) is 4.79 Å². The molecule has 1 aliphatic carbocycles. The van der Waals surface area contributed by atoms with Gasteiger partial charge in [-0.15, -0.1) is 0 Å². The van der Waals surface area contributed by atoms with Gasteiger partial charge in [0, 0.05) is 25.2 Å². The number of carbonyl (C=O) groups excluding carboxylic acids is 1. The maximum Gasteiger partial charge on any atom is 0.410 e. The van der Waals surface area contributed by atoms with Crippen molar-refractivity contribution >= 4 is 6.09 Å². The third kappa shape index (κ3) is 5.15. The summed E-state index contributed by atoms with van der Waals surface area (Å²) in [6, 6.07) is 1.06. The smallest absolute Gasteiger partial charge is 0.410 e. The molecule has 2 aliphatic rings. The molecule has 1 aliphatic heterocycles. The number of ether oxygens (including phenoxy) is 1. The molecule has 0 radical (unpaired) electrons. The van der Waals surface area contributed by atoms with Gasteiger partial charge in [0.15, 0.2) is 0 Å².